The Labute approximate surface area is 210 Å². The number of hydrogen-bond acceptors (Lipinski definition) is 4. The van der Waals surface area contributed by atoms with E-state index in [9.17, 15) is 4.79 Å². The normalized spacial score (nSPS) is 11.3. The van der Waals surface area contributed by atoms with E-state index in [4.69, 9.17) is 4.74 Å². The largest absolute Gasteiger partial charge is 0.375 e. The summed E-state index contributed by atoms with van der Waals surface area (Å²) in [7, 11) is 0. The van der Waals surface area contributed by atoms with E-state index >= 15 is 0 Å². The maximum atomic E-state index is 11.6. The molecule has 2 aromatic rings. The number of carbonyl (C=O) groups excluding carboxylic acids is 1. The van der Waals surface area contributed by atoms with Crippen molar-refractivity contribution in [1.82, 2.24) is 15.0 Å². The first-order valence-electron chi connectivity index (χ1n) is 12.8. The van der Waals surface area contributed by atoms with Gasteiger partial charge in [-0.25, -0.2) is 4.68 Å². The predicted octanol–water partition coefficient (Wildman–Crippen LogP) is 8.11. The summed E-state index contributed by atoms with van der Waals surface area (Å²) in [5.41, 5.74) is 3.59. The third-order valence-corrected chi connectivity index (χ3v) is 5.34. The maximum Gasteiger partial charge on any atom is 0.135 e. The SMILES string of the molecule is C/C=C(/C)c1ccc(-n2cc(CC(C)(C)OCCC(C)(C)C(C)=O)nn2)cc1.CC.CC.CC. The molecule has 0 aliphatic heterocycles. The number of ether oxygens (including phenoxy) is 1. The fourth-order valence-corrected chi connectivity index (χ4v) is 2.80. The molecule has 0 spiro atoms. The fraction of sp³-hybridized carbons (Fsp3) is 0.621. The monoisotopic (exact) mass is 473 g/mol. The molecule has 0 radical (unpaired) electrons. The van der Waals surface area contributed by atoms with E-state index in [1.165, 1.54) is 11.1 Å². The molecule has 0 fully saturated rings. The molecule has 1 heterocycles. The van der Waals surface area contributed by atoms with Crippen LogP contribution in [0.4, 0.5) is 0 Å². The molecule has 0 bridgehead atoms. The van der Waals surface area contributed by atoms with Crippen LogP contribution in [0.2, 0.25) is 0 Å². The van der Waals surface area contributed by atoms with Crippen LogP contribution in [0.3, 0.4) is 0 Å². The topological polar surface area (TPSA) is 57.0 Å². The lowest BCUT2D eigenvalue weighted by molar-refractivity contribution is -0.126. The summed E-state index contributed by atoms with van der Waals surface area (Å²) < 4.78 is 7.84. The maximum absolute atomic E-state index is 11.6. The minimum atomic E-state index is -0.374. The zero-order valence-corrected chi connectivity index (χ0v) is 24.2. The Hall–Kier alpha value is -2.27. The van der Waals surface area contributed by atoms with Gasteiger partial charge in [0.2, 0.25) is 0 Å². The molecular formula is C29H51N3O2. The summed E-state index contributed by atoms with van der Waals surface area (Å²) in [5, 5.41) is 8.56. The van der Waals surface area contributed by atoms with Crippen molar-refractivity contribution in [1.29, 1.82) is 0 Å². The molecule has 0 aliphatic carbocycles. The minimum absolute atomic E-state index is 0.187. The van der Waals surface area contributed by atoms with Gasteiger partial charge < -0.3 is 4.74 Å². The molecule has 194 valence electrons. The van der Waals surface area contributed by atoms with Crippen LogP contribution in [0, 0.1) is 5.41 Å². The van der Waals surface area contributed by atoms with Gasteiger partial charge in [-0.05, 0) is 64.3 Å². The van der Waals surface area contributed by atoms with Gasteiger partial charge in [0.1, 0.15) is 5.78 Å². The number of rotatable bonds is 9. The molecule has 34 heavy (non-hydrogen) atoms. The average molecular weight is 474 g/mol. The van der Waals surface area contributed by atoms with E-state index in [0.717, 1.165) is 11.4 Å². The zero-order chi connectivity index (χ0) is 26.9. The summed E-state index contributed by atoms with van der Waals surface area (Å²) in [5.74, 6) is 0.187. The average Bonchev–Trinajstić information content (AvgIpc) is 3.29. The van der Waals surface area contributed by atoms with E-state index in [0.29, 0.717) is 19.4 Å². The first-order valence-corrected chi connectivity index (χ1v) is 12.8. The van der Waals surface area contributed by atoms with Gasteiger partial charge in [-0.2, -0.15) is 0 Å². The van der Waals surface area contributed by atoms with Crippen LogP contribution >= 0.6 is 0 Å². The highest BCUT2D eigenvalue weighted by atomic mass is 16.5. The quantitative estimate of drug-likeness (QED) is 0.369. The number of hydrogen-bond donors (Lipinski definition) is 0. The summed E-state index contributed by atoms with van der Waals surface area (Å²) in [6.45, 7) is 26.3. The van der Waals surface area contributed by atoms with Gasteiger partial charge in [-0.3, -0.25) is 4.79 Å². The predicted molar refractivity (Wildman–Crippen MR) is 148 cm³/mol. The second-order valence-corrected chi connectivity index (χ2v) is 8.65. The van der Waals surface area contributed by atoms with Crippen molar-refractivity contribution < 1.29 is 9.53 Å². The van der Waals surface area contributed by atoms with E-state index in [-0.39, 0.29) is 16.8 Å². The summed E-state index contributed by atoms with van der Waals surface area (Å²) in [4.78, 5) is 11.6. The number of benzene rings is 1. The van der Waals surface area contributed by atoms with Crippen molar-refractivity contribution in [3.05, 3.63) is 47.8 Å². The second kappa shape index (κ2) is 17.2. The van der Waals surface area contributed by atoms with Crippen molar-refractivity contribution in [2.75, 3.05) is 6.61 Å². The molecule has 0 atom stereocenters. The highest BCUT2D eigenvalue weighted by molar-refractivity contribution is 5.81. The Bertz CT molecular complexity index is 831. The fourth-order valence-electron chi connectivity index (χ4n) is 2.80. The molecular weight excluding hydrogens is 422 g/mol. The van der Waals surface area contributed by atoms with Crippen LogP contribution in [-0.4, -0.2) is 33.0 Å². The molecule has 0 N–H and O–H groups in total. The number of ketones is 1. The highest BCUT2D eigenvalue weighted by Crippen LogP contribution is 2.24. The van der Waals surface area contributed by atoms with E-state index in [2.05, 4.69) is 35.4 Å². The molecule has 1 aromatic carbocycles. The summed E-state index contributed by atoms with van der Waals surface area (Å²) in [6, 6.07) is 8.28. The van der Waals surface area contributed by atoms with E-state index < -0.39 is 0 Å². The smallest absolute Gasteiger partial charge is 0.135 e. The zero-order valence-electron chi connectivity index (χ0n) is 24.2. The van der Waals surface area contributed by atoms with Crippen molar-refractivity contribution >= 4 is 11.4 Å². The van der Waals surface area contributed by atoms with Crippen molar-refractivity contribution in [3.63, 3.8) is 0 Å². The van der Waals surface area contributed by atoms with Crippen molar-refractivity contribution in [2.45, 2.75) is 108 Å². The number of carbonyl (C=O) groups is 1. The second-order valence-electron chi connectivity index (χ2n) is 8.65. The van der Waals surface area contributed by atoms with Gasteiger partial charge in [0.15, 0.2) is 0 Å². The number of allylic oxidation sites excluding steroid dienone is 2. The number of aromatic nitrogens is 3. The van der Waals surface area contributed by atoms with Gasteiger partial charge in [0.05, 0.1) is 23.2 Å². The third-order valence-electron chi connectivity index (χ3n) is 5.34. The first kappa shape index (κ1) is 33.9. The summed E-state index contributed by atoms with van der Waals surface area (Å²) in [6.07, 6.45) is 5.41. The van der Waals surface area contributed by atoms with Crippen LogP contribution in [0.25, 0.3) is 11.3 Å². The molecule has 0 saturated heterocycles. The molecule has 5 heteroatoms. The standard InChI is InChI=1S/C23H33N3O2.3C2H6/c1-8-17(2)19-9-11-21(12-10-19)26-16-20(24-25-26)15-23(6,7)28-14-13-22(4,5)18(3)27;3*1-2/h8-12,16H,13-15H2,1-7H3;3*1-2H3/b17-8-;;;. The van der Waals surface area contributed by atoms with Gasteiger partial charge in [0, 0.05) is 18.4 Å². The lowest BCUT2D eigenvalue weighted by Crippen LogP contribution is -2.31. The Morgan fingerprint density at radius 3 is 1.97 bits per heavy atom. The first-order chi connectivity index (χ1) is 16.0. The highest BCUT2D eigenvalue weighted by Gasteiger charge is 2.26. The Balaban J connectivity index is 0. The Morgan fingerprint density at radius 1 is 0.971 bits per heavy atom. The third kappa shape index (κ3) is 11.7. The van der Waals surface area contributed by atoms with E-state index in [1.54, 1.807) is 11.6 Å². The van der Waals surface area contributed by atoms with Gasteiger partial charge in [-0.15, -0.1) is 5.10 Å². The molecule has 1 aromatic heterocycles. The lowest BCUT2D eigenvalue weighted by atomic mass is 9.86. The molecule has 0 aliphatic rings. The molecule has 5 nitrogen and oxygen atoms in total. The Kier molecular flexibility index (Phi) is 17.2. The van der Waals surface area contributed by atoms with Gasteiger partial charge >= 0.3 is 0 Å². The molecule has 0 saturated carbocycles. The van der Waals surface area contributed by atoms with Crippen molar-refractivity contribution in [2.24, 2.45) is 5.41 Å². The van der Waals surface area contributed by atoms with Crippen LogP contribution in [0.1, 0.15) is 108 Å². The van der Waals surface area contributed by atoms with Crippen LogP contribution in [-0.2, 0) is 16.0 Å². The molecule has 2 rings (SSSR count). The lowest BCUT2D eigenvalue weighted by Gasteiger charge is -2.27. The minimum Gasteiger partial charge on any atom is -0.375 e. The van der Waals surface area contributed by atoms with Crippen LogP contribution in [0.5, 0.6) is 0 Å². The van der Waals surface area contributed by atoms with Crippen molar-refractivity contribution in [3.8, 4) is 5.69 Å². The van der Waals surface area contributed by atoms with Crippen LogP contribution in [0.15, 0.2) is 36.5 Å². The van der Waals surface area contributed by atoms with Crippen LogP contribution < -0.4 is 0 Å². The number of nitrogens with zero attached hydrogens (tertiary/aromatic N) is 3. The molecule has 0 unspecified atom stereocenters. The van der Waals surface area contributed by atoms with E-state index in [1.807, 2.05) is 94.5 Å². The van der Waals surface area contributed by atoms with Gasteiger partial charge in [0.25, 0.3) is 0 Å². The molecule has 0 amide bonds. The van der Waals surface area contributed by atoms with Gasteiger partial charge in [-0.1, -0.05) is 78.8 Å². The summed E-state index contributed by atoms with van der Waals surface area (Å²) >= 11 is 0. The number of Topliss-reactive ketones (excluding diaryl/α,β-unsaturated/α-hetero) is 1. The Morgan fingerprint density at radius 2 is 1.50 bits per heavy atom.